The van der Waals surface area contributed by atoms with Gasteiger partial charge < -0.3 is 19.9 Å². The second-order valence-corrected chi connectivity index (χ2v) is 5.73. The Labute approximate surface area is 155 Å². The molecule has 0 unspecified atom stereocenters. The normalized spacial score (nSPS) is 11.9. The highest BCUT2D eigenvalue weighted by atomic mass is 16.5. The van der Waals surface area contributed by atoms with Crippen LogP contribution < -0.4 is 15.4 Å². The number of hydrogen-bond acceptors (Lipinski definition) is 6. The van der Waals surface area contributed by atoms with Gasteiger partial charge >= 0.3 is 6.03 Å². The summed E-state index contributed by atoms with van der Waals surface area (Å²) < 4.78 is 10.5. The quantitative estimate of drug-likeness (QED) is 0.479. The van der Waals surface area contributed by atoms with Gasteiger partial charge in [-0.1, -0.05) is 30.3 Å². The van der Waals surface area contributed by atoms with Crippen LogP contribution in [0.2, 0.25) is 0 Å². The molecule has 0 aliphatic carbocycles. The van der Waals surface area contributed by atoms with Gasteiger partial charge in [-0.2, -0.15) is 0 Å². The Bertz CT molecular complexity index is 884. The molecule has 142 valence electrons. The average molecular weight is 371 g/mol. The van der Waals surface area contributed by atoms with Crippen molar-refractivity contribution in [1.82, 2.24) is 20.5 Å². The predicted molar refractivity (Wildman–Crippen MR) is 99.7 cm³/mol. The van der Waals surface area contributed by atoms with E-state index in [-0.39, 0.29) is 19.3 Å². The van der Waals surface area contributed by atoms with Crippen molar-refractivity contribution in [2.75, 3.05) is 32.2 Å². The van der Waals surface area contributed by atoms with Crippen LogP contribution in [0.25, 0.3) is 10.9 Å². The van der Waals surface area contributed by atoms with Gasteiger partial charge in [0, 0.05) is 19.4 Å². The second kappa shape index (κ2) is 8.97. The highest BCUT2D eigenvalue weighted by molar-refractivity contribution is 5.92. The summed E-state index contributed by atoms with van der Waals surface area (Å²) in [6.45, 7) is 0.379. The van der Waals surface area contributed by atoms with Crippen LogP contribution in [0.4, 0.5) is 10.6 Å². The van der Waals surface area contributed by atoms with E-state index < -0.39 is 6.03 Å². The number of ether oxygens (including phenoxy) is 2. The molecule has 0 saturated carbocycles. The molecule has 0 fully saturated rings. The smallest absolute Gasteiger partial charge is 0.320 e. The van der Waals surface area contributed by atoms with E-state index in [9.17, 15) is 4.79 Å². The first-order valence-electron chi connectivity index (χ1n) is 8.40. The number of anilines is 1. The topological polar surface area (TPSA) is 121 Å². The Kier molecular flexibility index (Phi) is 6.18. The van der Waals surface area contributed by atoms with Crippen LogP contribution in [0.5, 0.6) is 5.88 Å². The molecular weight excluding hydrogens is 350 g/mol. The number of benzene rings is 1. The van der Waals surface area contributed by atoms with E-state index in [1.807, 2.05) is 30.3 Å². The Morgan fingerprint density at radius 2 is 2.15 bits per heavy atom. The summed E-state index contributed by atoms with van der Waals surface area (Å²) in [6, 6.07) is 10.5. The van der Waals surface area contributed by atoms with Crippen molar-refractivity contribution in [1.29, 1.82) is 0 Å². The third-order valence-electron chi connectivity index (χ3n) is 3.82. The van der Waals surface area contributed by atoms with Crippen molar-refractivity contribution in [3.05, 3.63) is 48.2 Å². The first-order valence-corrected chi connectivity index (χ1v) is 8.40. The first kappa shape index (κ1) is 18.6. The largest absolute Gasteiger partial charge is 0.474 e. The van der Waals surface area contributed by atoms with Gasteiger partial charge in [-0.15, -0.1) is 5.10 Å². The van der Waals surface area contributed by atoms with Crippen LogP contribution in [-0.2, 0) is 4.74 Å². The van der Waals surface area contributed by atoms with Gasteiger partial charge in [0.25, 0.3) is 0 Å². The third kappa shape index (κ3) is 4.72. The maximum atomic E-state index is 12.4. The summed E-state index contributed by atoms with van der Waals surface area (Å²) in [5.41, 5.74) is 1.60. The lowest BCUT2D eigenvalue weighted by Gasteiger charge is -2.18. The van der Waals surface area contributed by atoms with E-state index in [2.05, 4.69) is 25.8 Å². The molecular formula is C18H21N5O4. The minimum Gasteiger partial charge on any atom is -0.474 e. The fraction of sp³-hybridized carbons (Fsp3) is 0.278. The molecule has 9 nitrogen and oxygen atoms in total. The number of fused-ring (bicyclic) bond motifs is 1. The van der Waals surface area contributed by atoms with Gasteiger partial charge in [0.15, 0.2) is 0 Å². The molecule has 9 heteroatoms. The number of methoxy groups -OCH3 is 1. The summed E-state index contributed by atoms with van der Waals surface area (Å²) in [5.74, 6) is 0.716. The van der Waals surface area contributed by atoms with Crippen molar-refractivity contribution in [3.8, 4) is 5.88 Å². The molecule has 0 saturated heterocycles. The Balaban J connectivity index is 1.67. The van der Waals surface area contributed by atoms with E-state index in [1.54, 1.807) is 19.4 Å². The molecule has 1 aromatic carbocycles. The Hall–Kier alpha value is -3.17. The van der Waals surface area contributed by atoms with Crippen molar-refractivity contribution in [3.63, 3.8) is 0 Å². The number of aliphatic hydroxyl groups excluding tert-OH is 1. The van der Waals surface area contributed by atoms with Gasteiger partial charge in [-0.3, -0.25) is 10.4 Å². The van der Waals surface area contributed by atoms with Gasteiger partial charge in [0.1, 0.15) is 12.4 Å². The standard InChI is InChI=1S/C18H21N5O4/c1-26-11-15(12-5-3-2-4-6-12)20-18(25)21-16-9-14-13(10-19-16)17(23-22-14)27-8-7-24/h2-6,9-10,15,24H,7-8,11H2,1H3,(H,22,23)(H2,19,20,21,25)/t15-/m1/s1. The average Bonchev–Trinajstić information content (AvgIpc) is 3.09. The summed E-state index contributed by atoms with van der Waals surface area (Å²) in [4.78, 5) is 16.6. The predicted octanol–water partition coefficient (Wildman–Crippen LogP) is 1.84. The molecule has 27 heavy (non-hydrogen) atoms. The summed E-state index contributed by atoms with van der Waals surface area (Å²) >= 11 is 0. The monoisotopic (exact) mass is 371 g/mol. The number of amides is 2. The minimum absolute atomic E-state index is 0.106. The molecule has 0 spiro atoms. The van der Waals surface area contributed by atoms with Crippen LogP contribution in [-0.4, -0.2) is 53.2 Å². The zero-order valence-electron chi connectivity index (χ0n) is 14.8. The molecule has 3 rings (SSSR count). The van der Waals surface area contributed by atoms with Crippen molar-refractivity contribution >= 4 is 22.8 Å². The zero-order chi connectivity index (χ0) is 19.1. The number of urea groups is 1. The number of nitrogens with one attached hydrogen (secondary N) is 3. The van der Waals surface area contributed by atoms with E-state index in [0.29, 0.717) is 29.2 Å². The summed E-state index contributed by atoms with van der Waals surface area (Å²) in [6.07, 6.45) is 1.55. The van der Waals surface area contributed by atoms with Gasteiger partial charge in [0.2, 0.25) is 5.88 Å². The van der Waals surface area contributed by atoms with Gasteiger partial charge in [0.05, 0.1) is 30.2 Å². The number of pyridine rings is 1. The Morgan fingerprint density at radius 1 is 1.33 bits per heavy atom. The van der Waals surface area contributed by atoms with Crippen molar-refractivity contribution < 1.29 is 19.4 Å². The number of carbonyl (C=O) groups is 1. The molecule has 0 bridgehead atoms. The lowest BCUT2D eigenvalue weighted by molar-refractivity contribution is 0.168. The molecule has 3 aromatic rings. The Morgan fingerprint density at radius 3 is 2.89 bits per heavy atom. The summed E-state index contributed by atoms with van der Waals surface area (Å²) in [7, 11) is 1.58. The SMILES string of the molecule is COC[C@@H](NC(=O)Nc1cc2[nH]nc(OCCO)c2cn1)c1ccccc1. The number of H-pyrrole nitrogens is 1. The van der Waals surface area contributed by atoms with Crippen LogP contribution in [0.1, 0.15) is 11.6 Å². The van der Waals surface area contributed by atoms with Crippen LogP contribution in [0, 0.1) is 0 Å². The van der Waals surface area contributed by atoms with E-state index in [1.165, 1.54) is 0 Å². The molecule has 4 N–H and O–H groups in total. The highest BCUT2D eigenvalue weighted by Gasteiger charge is 2.15. The maximum Gasteiger partial charge on any atom is 0.320 e. The fourth-order valence-corrected chi connectivity index (χ4v) is 2.59. The minimum atomic E-state index is -0.399. The van der Waals surface area contributed by atoms with Gasteiger partial charge in [-0.25, -0.2) is 9.78 Å². The number of nitrogens with zero attached hydrogens (tertiary/aromatic N) is 2. The number of carbonyl (C=O) groups excluding carboxylic acids is 1. The van der Waals surface area contributed by atoms with Gasteiger partial charge in [-0.05, 0) is 5.56 Å². The van der Waals surface area contributed by atoms with Crippen molar-refractivity contribution in [2.24, 2.45) is 0 Å². The lowest BCUT2D eigenvalue weighted by atomic mass is 10.1. The molecule has 0 aliphatic heterocycles. The first-order chi connectivity index (χ1) is 13.2. The number of aliphatic hydroxyl groups is 1. The number of hydrogen-bond donors (Lipinski definition) is 4. The third-order valence-corrected chi connectivity index (χ3v) is 3.82. The number of aromatic nitrogens is 3. The molecule has 2 heterocycles. The molecule has 0 radical (unpaired) electrons. The maximum absolute atomic E-state index is 12.4. The van der Waals surface area contributed by atoms with E-state index in [4.69, 9.17) is 14.6 Å². The highest BCUT2D eigenvalue weighted by Crippen LogP contribution is 2.23. The molecule has 1 atom stereocenters. The van der Waals surface area contributed by atoms with Crippen LogP contribution >= 0.6 is 0 Å². The number of rotatable bonds is 8. The lowest BCUT2D eigenvalue weighted by Crippen LogP contribution is -2.35. The van der Waals surface area contributed by atoms with Crippen LogP contribution in [0.3, 0.4) is 0 Å². The van der Waals surface area contributed by atoms with Crippen molar-refractivity contribution in [2.45, 2.75) is 6.04 Å². The van der Waals surface area contributed by atoms with E-state index in [0.717, 1.165) is 5.56 Å². The van der Waals surface area contributed by atoms with Crippen LogP contribution in [0.15, 0.2) is 42.6 Å². The zero-order valence-corrected chi connectivity index (χ0v) is 14.8. The van der Waals surface area contributed by atoms with E-state index >= 15 is 0 Å². The molecule has 2 amide bonds. The second-order valence-electron chi connectivity index (χ2n) is 5.73. The summed E-state index contributed by atoms with van der Waals surface area (Å²) in [5, 5.41) is 21.9. The fourth-order valence-electron chi connectivity index (χ4n) is 2.59. The number of aromatic amines is 1. The molecule has 2 aromatic heterocycles. The molecule has 0 aliphatic rings.